The maximum atomic E-state index is 12.4. The Bertz CT molecular complexity index is 677. The van der Waals surface area contributed by atoms with Gasteiger partial charge in [-0.2, -0.15) is 0 Å². The first-order chi connectivity index (χ1) is 10.8. The van der Waals surface area contributed by atoms with Gasteiger partial charge in [-0.15, -0.1) is 0 Å². The van der Waals surface area contributed by atoms with Crippen LogP contribution in [0.5, 0.6) is 0 Å². The average molecular weight is 339 g/mol. The fraction of sp³-hybridized carbons (Fsp3) is 0.467. The van der Waals surface area contributed by atoms with E-state index in [0.29, 0.717) is 31.6 Å². The maximum absolute atomic E-state index is 12.4. The average Bonchev–Trinajstić information content (AvgIpc) is 2.47. The van der Waals surface area contributed by atoms with Crippen LogP contribution in [-0.2, 0) is 19.6 Å². The SMILES string of the molecule is CC(=O)Nc1ccc(S(=O)(=O)NC2CCN(C(C)=O)CC2)cc1. The third kappa shape index (κ3) is 4.77. The van der Waals surface area contributed by atoms with E-state index in [2.05, 4.69) is 10.0 Å². The Kier molecular flexibility index (Phi) is 5.38. The van der Waals surface area contributed by atoms with E-state index in [9.17, 15) is 18.0 Å². The van der Waals surface area contributed by atoms with Gasteiger partial charge in [-0.3, -0.25) is 9.59 Å². The van der Waals surface area contributed by atoms with Crippen molar-refractivity contribution in [3.8, 4) is 0 Å². The summed E-state index contributed by atoms with van der Waals surface area (Å²) < 4.78 is 27.4. The number of rotatable bonds is 4. The van der Waals surface area contributed by atoms with Gasteiger partial charge in [0.25, 0.3) is 0 Å². The zero-order valence-corrected chi connectivity index (χ0v) is 14.0. The minimum Gasteiger partial charge on any atom is -0.343 e. The van der Waals surface area contributed by atoms with E-state index < -0.39 is 10.0 Å². The highest BCUT2D eigenvalue weighted by Gasteiger charge is 2.25. The number of carbonyl (C=O) groups excluding carboxylic acids is 2. The third-order valence-corrected chi connectivity index (χ3v) is 5.28. The van der Waals surface area contributed by atoms with Gasteiger partial charge in [-0.1, -0.05) is 0 Å². The zero-order chi connectivity index (χ0) is 17.0. The van der Waals surface area contributed by atoms with Crippen molar-refractivity contribution in [2.24, 2.45) is 0 Å². The number of hydrogen-bond donors (Lipinski definition) is 2. The van der Waals surface area contributed by atoms with Gasteiger partial charge in [0.2, 0.25) is 21.8 Å². The molecule has 0 aromatic heterocycles. The Labute approximate surface area is 136 Å². The van der Waals surface area contributed by atoms with Crippen molar-refractivity contribution in [1.82, 2.24) is 9.62 Å². The Hall–Kier alpha value is -1.93. The Morgan fingerprint density at radius 2 is 1.65 bits per heavy atom. The first-order valence-electron chi connectivity index (χ1n) is 7.43. The highest BCUT2D eigenvalue weighted by Crippen LogP contribution is 2.17. The van der Waals surface area contributed by atoms with E-state index in [-0.39, 0.29) is 22.8 Å². The summed E-state index contributed by atoms with van der Waals surface area (Å²) in [5, 5.41) is 2.59. The summed E-state index contributed by atoms with van der Waals surface area (Å²) in [5.41, 5.74) is 0.547. The normalized spacial score (nSPS) is 16.2. The second-order valence-electron chi connectivity index (χ2n) is 5.61. The topological polar surface area (TPSA) is 95.6 Å². The van der Waals surface area contributed by atoms with Crippen LogP contribution in [-0.4, -0.2) is 44.3 Å². The summed E-state index contributed by atoms with van der Waals surface area (Å²) >= 11 is 0. The van der Waals surface area contributed by atoms with Crippen molar-refractivity contribution in [3.63, 3.8) is 0 Å². The molecular weight excluding hydrogens is 318 g/mol. The third-order valence-electron chi connectivity index (χ3n) is 3.75. The molecular formula is C15H21N3O4S. The number of carbonyl (C=O) groups is 2. The van der Waals surface area contributed by atoms with Crippen molar-refractivity contribution in [2.45, 2.75) is 37.6 Å². The first-order valence-corrected chi connectivity index (χ1v) is 8.92. The second-order valence-corrected chi connectivity index (χ2v) is 7.32. The lowest BCUT2D eigenvalue weighted by Crippen LogP contribution is -2.45. The monoisotopic (exact) mass is 339 g/mol. The van der Waals surface area contributed by atoms with Crippen molar-refractivity contribution in [3.05, 3.63) is 24.3 Å². The molecule has 8 heteroatoms. The highest BCUT2D eigenvalue weighted by atomic mass is 32.2. The highest BCUT2D eigenvalue weighted by molar-refractivity contribution is 7.89. The summed E-state index contributed by atoms with van der Waals surface area (Å²) in [6.45, 7) is 4.02. The number of amides is 2. The second kappa shape index (κ2) is 7.10. The summed E-state index contributed by atoms with van der Waals surface area (Å²) in [5.74, 6) is -0.198. The van der Waals surface area contributed by atoms with Crippen molar-refractivity contribution >= 4 is 27.5 Å². The number of benzene rings is 1. The molecule has 0 spiro atoms. The zero-order valence-electron chi connectivity index (χ0n) is 13.2. The first kappa shape index (κ1) is 17.4. The van der Waals surface area contributed by atoms with Gasteiger partial charge in [0, 0.05) is 38.7 Å². The molecule has 7 nitrogen and oxygen atoms in total. The van der Waals surface area contributed by atoms with Gasteiger partial charge in [0.15, 0.2) is 0 Å². The van der Waals surface area contributed by atoms with Gasteiger partial charge >= 0.3 is 0 Å². The molecule has 0 unspecified atom stereocenters. The number of nitrogens with zero attached hydrogens (tertiary/aromatic N) is 1. The molecule has 23 heavy (non-hydrogen) atoms. The van der Waals surface area contributed by atoms with E-state index in [1.54, 1.807) is 17.0 Å². The van der Waals surface area contributed by atoms with E-state index in [0.717, 1.165) is 0 Å². The Morgan fingerprint density at radius 3 is 2.13 bits per heavy atom. The molecule has 1 aromatic rings. The number of piperidine rings is 1. The summed E-state index contributed by atoms with van der Waals surface area (Å²) in [6, 6.07) is 5.84. The lowest BCUT2D eigenvalue weighted by Gasteiger charge is -2.31. The molecule has 1 saturated heterocycles. The summed E-state index contributed by atoms with van der Waals surface area (Å²) in [6.07, 6.45) is 1.20. The minimum absolute atomic E-state index is 0.0138. The molecule has 0 aliphatic carbocycles. The summed E-state index contributed by atoms with van der Waals surface area (Å²) in [4.78, 5) is 24.1. The molecule has 126 valence electrons. The fourth-order valence-corrected chi connectivity index (χ4v) is 3.83. The molecule has 0 atom stereocenters. The van der Waals surface area contributed by atoms with Crippen LogP contribution >= 0.6 is 0 Å². The molecule has 1 aliphatic rings. The lowest BCUT2D eigenvalue weighted by molar-refractivity contribution is -0.129. The summed E-state index contributed by atoms with van der Waals surface area (Å²) in [7, 11) is -3.61. The maximum Gasteiger partial charge on any atom is 0.240 e. The van der Waals surface area contributed by atoms with Gasteiger partial charge in [0.05, 0.1) is 4.90 Å². The molecule has 1 heterocycles. The predicted molar refractivity (Wildman–Crippen MR) is 86.3 cm³/mol. The quantitative estimate of drug-likeness (QED) is 0.853. The number of likely N-dealkylation sites (tertiary alicyclic amines) is 1. The molecule has 2 N–H and O–H groups in total. The Balaban J connectivity index is 1.99. The minimum atomic E-state index is -3.61. The van der Waals surface area contributed by atoms with Crippen LogP contribution in [0, 0.1) is 0 Å². The van der Waals surface area contributed by atoms with Crippen LogP contribution in [0.3, 0.4) is 0 Å². The van der Waals surface area contributed by atoms with Crippen LogP contribution in [0.4, 0.5) is 5.69 Å². The molecule has 2 rings (SSSR count). The molecule has 1 aromatic carbocycles. The molecule has 0 radical (unpaired) electrons. The van der Waals surface area contributed by atoms with Crippen molar-refractivity contribution in [1.29, 1.82) is 0 Å². The fourth-order valence-electron chi connectivity index (χ4n) is 2.52. The van der Waals surface area contributed by atoms with E-state index in [1.165, 1.54) is 26.0 Å². The van der Waals surface area contributed by atoms with Crippen LogP contribution in [0.2, 0.25) is 0 Å². The van der Waals surface area contributed by atoms with Gasteiger partial charge in [-0.25, -0.2) is 13.1 Å². The van der Waals surface area contributed by atoms with Crippen LogP contribution in [0.25, 0.3) is 0 Å². The Morgan fingerprint density at radius 1 is 1.09 bits per heavy atom. The number of anilines is 1. The molecule has 1 fully saturated rings. The van der Waals surface area contributed by atoms with Crippen LogP contribution in [0.15, 0.2) is 29.2 Å². The standard InChI is InChI=1S/C15H21N3O4S/c1-11(19)16-13-3-5-15(6-4-13)23(21,22)17-14-7-9-18(10-8-14)12(2)20/h3-6,14,17H,7-10H2,1-2H3,(H,16,19). The number of sulfonamides is 1. The molecule has 0 saturated carbocycles. The van der Waals surface area contributed by atoms with Crippen LogP contribution in [0.1, 0.15) is 26.7 Å². The smallest absolute Gasteiger partial charge is 0.240 e. The van der Waals surface area contributed by atoms with E-state index in [4.69, 9.17) is 0 Å². The van der Waals surface area contributed by atoms with Gasteiger partial charge in [-0.05, 0) is 37.1 Å². The lowest BCUT2D eigenvalue weighted by atomic mass is 10.1. The van der Waals surface area contributed by atoms with Crippen molar-refractivity contribution in [2.75, 3.05) is 18.4 Å². The van der Waals surface area contributed by atoms with Crippen LogP contribution < -0.4 is 10.0 Å². The van der Waals surface area contributed by atoms with Crippen molar-refractivity contribution < 1.29 is 18.0 Å². The predicted octanol–water partition coefficient (Wildman–Crippen LogP) is 0.934. The van der Waals surface area contributed by atoms with E-state index in [1.807, 2.05) is 0 Å². The molecule has 2 amide bonds. The van der Waals surface area contributed by atoms with Gasteiger partial charge < -0.3 is 10.2 Å². The molecule has 0 bridgehead atoms. The van der Waals surface area contributed by atoms with E-state index >= 15 is 0 Å². The number of nitrogens with one attached hydrogen (secondary N) is 2. The largest absolute Gasteiger partial charge is 0.343 e. The molecule has 1 aliphatic heterocycles. The number of hydrogen-bond acceptors (Lipinski definition) is 4. The van der Waals surface area contributed by atoms with Gasteiger partial charge in [0.1, 0.15) is 0 Å².